The first-order valence-corrected chi connectivity index (χ1v) is 12.2. The molecule has 0 heterocycles. The topological polar surface area (TPSA) is 145 Å². The van der Waals surface area contributed by atoms with Crippen molar-refractivity contribution in [3.05, 3.63) is 83.4 Å². The number of primary sulfonamides is 1. The second-order valence-electron chi connectivity index (χ2n) is 6.28. The van der Waals surface area contributed by atoms with Crippen molar-refractivity contribution in [3.63, 3.8) is 0 Å². The zero-order chi connectivity index (χ0) is 23.4. The number of nitrogens with one attached hydrogen (secondary N) is 1. The molecule has 12 heteroatoms. The summed E-state index contributed by atoms with van der Waals surface area (Å²) in [4.78, 5) is 16.2. The molecule has 0 aromatic heterocycles. The molecule has 0 unspecified atom stereocenters. The third-order valence-electron chi connectivity index (χ3n) is 3.98. The van der Waals surface area contributed by atoms with Gasteiger partial charge < -0.3 is 4.74 Å². The molecule has 0 aliphatic carbocycles. The maximum Gasteiger partial charge on any atom is 0.426 e. The van der Waals surface area contributed by atoms with Crippen LogP contribution in [0, 0.1) is 0 Å². The molecule has 0 aliphatic rings. The van der Waals surface area contributed by atoms with Crippen LogP contribution < -0.4 is 14.6 Å². The summed E-state index contributed by atoms with van der Waals surface area (Å²) in [5, 5.41) is 5.40. The molecule has 0 atom stereocenters. The fraction of sp³-hybridized carbons (Fsp3) is 0. The highest BCUT2D eigenvalue weighted by Gasteiger charge is 2.19. The quantitative estimate of drug-likeness (QED) is 0.504. The van der Waals surface area contributed by atoms with Gasteiger partial charge in [0.05, 0.1) is 15.5 Å². The number of hydrogen-bond donors (Lipinski definition) is 2. The van der Waals surface area contributed by atoms with E-state index in [1.54, 1.807) is 18.2 Å². The molecule has 3 N–H and O–H groups in total. The van der Waals surface area contributed by atoms with E-state index in [9.17, 15) is 21.6 Å². The molecule has 9 nitrogen and oxygen atoms in total. The standard InChI is InChI=1S/C20H16ClN3O6S2/c21-15-5-9-18(10-6-15)32(28,29)24-20(25)30-19-4-2-1-3-14(19)13-23-16-7-11-17(12-8-16)31(22,26)27/h1-13H,(H,24,25)(H2,22,26,27). The van der Waals surface area contributed by atoms with Crippen molar-refractivity contribution < 1.29 is 26.4 Å². The summed E-state index contributed by atoms with van der Waals surface area (Å²) >= 11 is 5.74. The van der Waals surface area contributed by atoms with Gasteiger partial charge in [0.1, 0.15) is 5.75 Å². The molecule has 0 radical (unpaired) electrons. The van der Waals surface area contributed by atoms with Crippen molar-refractivity contribution in [2.24, 2.45) is 10.1 Å². The summed E-state index contributed by atoms with van der Waals surface area (Å²) in [6, 6.07) is 17.1. The lowest BCUT2D eigenvalue weighted by atomic mass is 10.2. The number of nitrogens with two attached hydrogens (primary N) is 1. The Balaban J connectivity index is 1.74. The first-order valence-electron chi connectivity index (χ1n) is 8.81. The highest BCUT2D eigenvalue weighted by Crippen LogP contribution is 2.20. The van der Waals surface area contributed by atoms with Crippen LogP contribution in [0.15, 0.2) is 87.6 Å². The van der Waals surface area contributed by atoms with Gasteiger partial charge in [-0.15, -0.1) is 0 Å². The lowest BCUT2D eigenvalue weighted by Crippen LogP contribution is -2.33. The molecule has 3 aromatic carbocycles. The molecule has 1 amide bonds. The molecular weight excluding hydrogens is 478 g/mol. The van der Waals surface area contributed by atoms with Crippen LogP contribution in [0.25, 0.3) is 0 Å². The lowest BCUT2D eigenvalue weighted by molar-refractivity contribution is 0.206. The molecule has 3 rings (SSSR count). The van der Waals surface area contributed by atoms with Crippen LogP contribution in [0.5, 0.6) is 5.75 Å². The van der Waals surface area contributed by atoms with E-state index in [4.69, 9.17) is 21.5 Å². The van der Waals surface area contributed by atoms with Crippen molar-refractivity contribution in [2.75, 3.05) is 0 Å². The number of para-hydroxylation sites is 1. The van der Waals surface area contributed by atoms with Crippen LogP contribution in [0.3, 0.4) is 0 Å². The molecule has 0 fully saturated rings. The number of carbonyl (C=O) groups is 1. The largest absolute Gasteiger partial charge is 0.426 e. The van der Waals surface area contributed by atoms with E-state index in [-0.39, 0.29) is 15.5 Å². The molecule has 0 spiro atoms. The van der Waals surface area contributed by atoms with Gasteiger partial charge in [0.25, 0.3) is 10.0 Å². The highest BCUT2D eigenvalue weighted by atomic mass is 35.5. The third-order valence-corrected chi connectivity index (χ3v) is 6.49. The van der Waals surface area contributed by atoms with E-state index in [2.05, 4.69) is 4.99 Å². The second kappa shape index (κ2) is 9.49. The smallest absolute Gasteiger partial charge is 0.409 e. The lowest BCUT2D eigenvalue weighted by Gasteiger charge is -2.09. The van der Waals surface area contributed by atoms with Crippen LogP contribution in [0.4, 0.5) is 10.5 Å². The monoisotopic (exact) mass is 493 g/mol. The van der Waals surface area contributed by atoms with E-state index in [1.165, 1.54) is 60.8 Å². The minimum Gasteiger partial charge on any atom is -0.409 e. The molecule has 0 bridgehead atoms. The van der Waals surface area contributed by atoms with Crippen molar-refractivity contribution >= 4 is 49.6 Å². The van der Waals surface area contributed by atoms with Crippen molar-refractivity contribution in [1.82, 2.24) is 4.72 Å². The van der Waals surface area contributed by atoms with Crippen LogP contribution in [-0.4, -0.2) is 29.1 Å². The molecule has 32 heavy (non-hydrogen) atoms. The highest BCUT2D eigenvalue weighted by molar-refractivity contribution is 7.90. The number of carbonyl (C=O) groups excluding carboxylic acids is 1. The Morgan fingerprint density at radius 1 is 0.906 bits per heavy atom. The van der Waals surface area contributed by atoms with Crippen molar-refractivity contribution in [3.8, 4) is 5.75 Å². The van der Waals surface area contributed by atoms with E-state index in [0.717, 1.165) is 0 Å². The Kier molecular flexibility index (Phi) is 6.94. The van der Waals surface area contributed by atoms with Gasteiger partial charge in [-0.2, -0.15) is 0 Å². The molecule has 0 saturated carbocycles. The summed E-state index contributed by atoms with van der Waals surface area (Å²) in [5.41, 5.74) is 0.795. The normalized spacial score (nSPS) is 11.9. The fourth-order valence-electron chi connectivity index (χ4n) is 2.45. The number of sulfonamides is 2. The van der Waals surface area contributed by atoms with E-state index in [0.29, 0.717) is 16.3 Å². The minimum absolute atomic E-state index is 0.0567. The Labute approximate surface area is 189 Å². The zero-order valence-electron chi connectivity index (χ0n) is 16.2. The summed E-state index contributed by atoms with van der Waals surface area (Å²) < 4.78 is 54.2. The first-order chi connectivity index (χ1) is 15.0. The van der Waals surface area contributed by atoms with Crippen molar-refractivity contribution in [1.29, 1.82) is 0 Å². The Bertz CT molecular complexity index is 1370. The summed E-state index contributed by atoms with van der Waals surface area (Å²) in [7, 11) is -7.97. The Hall–Kier alpha value is -3.25. The van der Waals surface area contributed by atoms with Crippen LogP contribution in [0.2, 0.25) is 5.02 Å². The molecule has 166 valence electrons. The van der Waals surface area contributed by atoms with Gasteiger partial charge in [0, 0.05) is 16.8 Å². The third kappa shape index (κ3) is 6.14. The van der Waals surface area contributed by atoms with Crippen LogP contribution in [0.1, 0.15) is 5.56 Å². The number of rotatable bonds is 6. The van der Waals surface area contributed by atoms with Crippen molar-refractivity contribution in [2.45, 2.75) is 9.79 Å². The maximum atomic E-state index is 12.3. The van der Waals surface area contributed by atoms with Gasteiger partial charge in [-0.25, -0.2) is 31.5 Å². The Morgan fingerprint density at radius 2 is 1.50 bits per heavy atom. The number of halogens is 1. The average Bonchev–Trinajstić information content (AvgIpc) is 2.72. The first kappa shape index (κ1) is 23.4. The van der Waals surface area contributed by atoms with Gasteiger partial charge in [0.15, 0.2) is 0 Å². The predicted octanol–water partition coefficient (Wildman–Crippen LogP) is 3.22. The number of amides is 1. The van der Waals surface area contributed by atoms with Gasteiger partial charge in [-0.1, -0.05) is 23.7 Å². The van der Waals surface area contributed by atoms with E-state index < -0.39 is 26.1 Å². The van der Waals surface area contributed by atoms with Gasteiger partial charge in [-0.3, -0.25) is 4.99 Å². The number of ether oxygens (including phenoxy) is 1. The van der Waals surface area contributed by atoms with Gasteiger partial charge in [0.2, 0.25) is 10.0 Å². The predicted molar refractivity (Wildman–Crippen MR) is 119 cm³/mol. The maximum absolute atomic E-state index is 12.3. The number of benzene rings is 3. The number of nitrogens with zero attached hydrogens (tertiary/aromatic N) is 1. The molecule has 0 aliphatic heterocycles. The summed E-state index contributed by atoms with van der Waals surface area (Å²) in [5.74, 6) is 0.0567. The Morgan fingerprint density at radius 3 is 2.12 bits per heavy atom. The van der Waals surface area contributed by atoms with Gasteiger partial charge in [-0.05, 0) is 60.7 Å². The SMILES string of the molecule is NS(=O)(=O)c1ccc(N=Cc2ccccc2OC(=O)NS(=O)(=O)c2ccc(Cl)cc2)cc1. The average molecular weight is 494 g/mol. The van der Waals surface area contributed by atoms with E-state index >= 15 is 0 Å². The van der Waals surface area contributed by atoms with Crippen LogP contribution in [-0.2, 0) is 20.0 Å². The van der Waals surface area contributed by atoms with E-state index in [1.807, 2.05) is 4.72 Å². The summed E-state index contributed by atoms with van der Waals surface area (Å²) in [6.07, 6.45) is 0.167. The van der Waals surface area contributed by atoms with Crippen LogP contribution >= 0.6 is 11.6 Å². The minimum atomic E-state index is -4.16. The molecule has 0 saturated heterocycles. The summed E-state index contributed by atoms with van der Waals surface area (Å²) in [6.45, 7) is 0. The zero-order valence-corrected chi connectivity index (χ0v) is 18.6. The number of aliphatic imine (C=N–C) groups is 1. The molecular formula is C20H16ClN3O6S2. The second-order valence-corrected chi connectivity index (χ2v) is 9.96. The number of hydrogen-bond acceptors (Lipinski definition) is 7. The molecule has 3 aromatic rings. The van der Waals surface area contributed by atoms with Gasteiger partial charge >= 0.3 is 6.09 Å². The fourth-order valence-corrected chi connectivity index (χ4v) is 3.96.